The van der Waals surface area contributed by atoms with Gasteiger partial charge in [-0.1, -0.05) is 30.3 Å². The van der Waals surface area contributed by atoms with Crippen molar-refractivity contribution in [1.82, 2.24) is 5.32 Å². The molecule has 0 saturated heterocycles. The Morgan fingerprint density at radius 1 is 1.07 bits per heavy atom. The van der Waals surface area contributed by atoms with Gasteiger partial charge in [0, 0.05) is 18.2 Å². The second kappa shape index (κ2) is 9.16. The molecule has 1 amide bonds. The Morgan fingerprint density at radius 2 is 1.70 bits per heavy atom. The van der Waals surface area contributed by atoms with Gasteiger partial charge in [0.25, 0.3) is 6.73 Å². The number of alkyl carbamates (subject to hydrolysis) is 1. The molecule has 0 aliphatic rings. The van der Waals surface area contributed by atoms with Gasteiger partial charge in [0.2, 0.25) is 0 Å². The van der Waals surface area contributed by atoms with Crippen LogP contribution in [0.4, 0.5) is 4.79 Å². The van der Waals surface area contributed by atoms with Crippen LogP contribution >= 0.6 is 0 Å². The second-order valence-corrected chi connectivity index (χ2v) is 7.40. The van der Waals surface area contributed by atoms with Gasteiger partial charge >= 0.3 is 12.1 Å². The van der Waals surface area contributed by atoms with E-state index in [1.807, 2.05) is 58.0 Å². The van der Waals surface area contributed by atoms with Crippen LogP contribution in [0.3, 0.4) is 0 Å². The zero-order valence-corrected chi connectivity index (χ0v) is 16.3. The first-order valence-electron chi connectivity index (χ1n) is 8.92. The zero-order chi connectivity index (χ0) is 19.9. The van der Waals surface area contributed by atoms with Crippen LogP contribution in [0.15, 0.2) is 54.9 Å². The summed E-state index contributed by atoms with van der Waals surface area (Å²) in [5.41, 5.74) is 1.06. The number of esters is 1. The molecule has 0 aliphatic carbocycles. The summed E-state index contributed by atoms with van der Waals surface area (Å²) in [7, 11) is 0. The minimum Gasteiger partial charge on any atom is -0.456 e. The number of pyridine rings is 1. The summed E-state index contributed by atoms with van der Waals surface area (Å²) in [4.78, 5) is 23.9. The van der Waals surface area contributed by atoms with Crippen molar-refractivity contribution < 1.29 is 23.6 Å². The molecule has 1 atom stereocenters. The molecule has 144 valence electrons. The normalized spacial score (nSPS) is 12.1. The van der Waals surface area contributed by atoms with Crippen LogP contribution in [-0.4, -0.2) is 23.7 Å². The van der Waals surface area contributed by atoms with E-state index in [1.54, 1.807) is 29.1 Å². The molecule has 1 heterocycles. The largest absolute Gasteiger partial charge is 0.456 e. The average Bonchev–Trinajstić information content (AvgIpc) is 2.59. The quantitative estimate of drug-likeness (QED) is 0.625. The van der Waals surface area contributed by atoms with Crippen LogP contribution < -0.4 is 9.88 Å². The molecule has 1 aromatic carbocycles. The van der Waals surface area contributed by atoms with Crippen molar-refractivity contribution in [2.75, 3.05) is 0 Å². The van der Waals surface area contributed by atoms with Crippen molar-refractivity contribution in [1.29, 1.82) is 0 Å². The lowest BCUT2D eigenvalue weighted by molar-refractivity contribution is -0.727. The molecule has 1 N–H and O–H groups in total. The molecule has 0 unspecified atom stereocenters. The van der Waals surface area contributed by atoms with E-state index in [9.17, 15) is 9.59 Å². The van der Waals surface area contributed by atoms with Gasteiger partial charge in [-0.2, -0.15) is 4.57 Å². The predicted octanol–water partition coefficient (Wildman–Crippen LogP) is 3.24. The second-order valence-electron chi connectivity index (χ2n) is 7.40. The van der Waals surface area contributed by atoms with Crippen LogP contribution in [0, 0.1) is 0 Å². The van der Waals surface area contributed by atoms with Crippen molar-refractivity contribution in [2.24, 2.45) is 0 Å². The number of carbonyl (C=O) groups is 2. The fraction of sp³-hybridized carbons (Fsp3) is 0.381. The summed E-state index contributed by atoms with van der Waals surface area (Å²) < 4.78 is 12.2. The molecule has 0 bridgehead atoms. The highest BCUT2D eigenvalue weighted by molar-refractivity contribution is 5.89. The minimum atomic E-state index is -0.541. The Hall–Kier alpha value is -2.89. The van der Waals surface area contributed by atoms with Gasteiger partial charge in [0.1, 0.15) is 5.60 Å². The molecule has 0 aliphatic heterocycles. The molecule has 6 nitrogen and oxygen atoms in total. The predicted molar refractivity (Wildman–Crippen MR) is 101 cm³/mol. The standard InChI is InChI=1S/C21H26N2O4/c1-16(14-17-8-6-5-7-9-17)22-20(25)26-15-23-12-10-18(11-13-23)19(24)27-21(2,3)4/h5-13,16H,14-15H2,1-4H3/p+1/t16-/m0/s1. The van der Waals surface area contributed by atoms with E-state index in [4.69, 9.17) is 9.47 Å². The average molecular weight is 371 g/mol. The summed E-state index contributed by atoms with van der Waals surface area (Å²) in [5, 5.41) is 2.81. The number of amides is 1. The third kappa shape index (κ3) is 7.48. The van der Waals surface area contributed by atoms with E-state index < -0.39 is 11.7 Å². The van der Waals surface area contributed by atoms with E-state index in [0.29, 0.717) is 5.56 Å². The maximum atomic E-state index is 12.0. The Kier molecular flexibility index (Phi) is 6.93. The number of aromatic nitrogens is 1. The number of hydrogen-bond donors (Lipinski definition) is 1. The number of nitrogens with one attached hydrogen (secondary N) is 1. The molecule has 2 aromatic rings. The van der Waals surface area contributed by atoms with Gasteiger partial charge in [-0.25, -0.2) is 9.59 Å². The lowest BCUT2D eigenvalue weighted by Gasteiger charge is -2.19. The van der Waals surface area contributed by atoms with Crippen molar-refractivity contribution in [3.63, 3.8) is 0 Å². The van der Waals surface area contributed by atoms with E-state index in [-0.39, 0.29) is 18.7 Å². The van der Waals surface area contributed by atoms with Crippen LogP contribution in [0.2, 0.25) is 0 Å². The lowest BCUT2D eigenvalue weighted by atomic mass is 10.1. The number of ether oxygens (including phenoxy) is 2. The van der Waals surface area contributed by atoms with Crippen LogP contribution in [0.1, 0.15) is 43.6 Å². The first-order valence-corrected chi connectivity index (χ1v) is 8.92. The maximum absolute atomic E-state index is 12.0. The molecule has 1 aromatic heterocycles. The van der Waals surface area contributed by atoms with Gasteiger partial charge in [-0.3, -0.25) is 0 Å². The van der Waals surface area contributed by atoms with Gasteiger partial charge < -0.3 is 14.8 Å². The van der Waals surface area contributed by atoms with Gasteiger partial charge in [-0.05, 0) is 39.7 Å². The summed E-state index contributed by atoms with van der Waals surface area (Å²) in [5.74, 6) is -0.386. The topological polar surface area (TPSA) is 68.5 Å². The van der Waals surface area contributed by atoms with Gasteiger partial charge in [-0.15, -0.1) is 0 Å². The number of nitrogens with zero attached hydrogens (tertiary/aromatic N) is 1. The van der Waals surface area contributed by atoms with Crippen molar-refractivity contribution in [3.8, 4) is 0 Å². The van der Waals surface area contributed by atoms with E-state index in [2.05, 4.69) is 5.32 Å². The Labute approximate surface area is 160 Å². The van der Waals surface area contributed by atoms with Crippen LogP contribution in [0.25, 0.3) is 0 Å². The molecule has 0 fully saturated rings. The summed E-state index contributed by atoms with van der Waals surface area (Å²) >= 11 is 0. The summed E-state index contributed by atoms with van der Waals surface area (Å²) in [6.07, 6.45) is 3.58. The molecular weight excluding hydrogens is 344 g/mol. The van der Waals surface area contributed by atoms with Crippen molar-refractivity contribution in [2.45, 2.75) is 52.5 Å². The van der Waals surface area contributed by atoms with Gasteiger partial charge in [0.05, 0.1) is 5.56 Å². The molecule has 0 radical (unpaired) electrons. The zero-order valence-electron chi connectivity index (χ0n) is 16.3. The third-order valence-corrected chi connectivity index (χ3v) is 3.62. The third-order valence-electron chi connectivity index (χ3n) is 3.62. The fourth-order valence-electron chi connectivity index (χ4n) is 2.41. The number of hydrogen-bond acceptors (Lipinski definition) is 4. The Balaban J connectivity index is 1.78. The van der Waals surface area contributed by atoms with Crippen LogP contribution in [0.5, 0.6) is 0 Å². The van der Waals surface area contributed by atoms with Crippen LogP contribution in [-0.2, 0) is 22.6 Å². The van der Waals surface area contributed by atoms with E-state index >= 15 is 0 Å². The van der Waals surface area contributed by atoms with E-state index in [0.717, 1.165) is 12.0 Å². The Bertz CT molecular complexity index is 752. The molecule has 0 saturated carbocycles. The highest BCUT2D eigenvalue weighted by Gasteiger charge is 2.19. The highest BCUT2D eigenvalue weighted by atomic mass is 16.6. The molecule has 2 rings (SSSR count). The molecular formula is C21H27N2O4+. The van der Waals surface area contributed by atoms with Gasteiger partial charge in [0.15, 0.2) is 12.4 Å². The smallest absolute Gasteiger partial charge is 0.412 e. The summed E-state index contributed by atoms with van der Waals surface area (Å²) in [6.45, 7) is 7.44. The number of rotatable bonds is 6. The maximum Gasteiger partial charge on any atom is 0.412 e. The first kappa shape index (κ1) is 20.4. The summed E-state index contributed by atoms with van der Waals surface area (Å²) in [6, 6.07) is 13.2. The number of benzene rings is 1. The number of carbonyl (C=O) groups excluding carboxylic acids is 2. The van der Waals surface area contributed by atoms with Crippen molar-refractivity contribution in [3.05, 3.63) is 66.0 Å². The first-order chi connectivity index (χ1) is 12.7. The highest BCUT2D eigenvalue weighted by Crippen LogP contribution is 2.11. The Morgan fingerprint density at radius 3 is 2.30 bits per heavy atom. The minimum absolute atomic E-state index is 0.0422. The monoisotopic (exact) mass is 371 g/mol. The molecule has 6 heteroatoms. The fourth-order valence-corrected chi connectivity index (χ4v) is 2.41. The SMILES string of the molecule is C[C@@H](Cc1ccccc1)NC(=O)OC[n+]1ccc(C(=O)OC(C)(C)C)cc1. The lowest BCUT2D eigenvalue weighted by Crippen LogP contribution is -2.40. The molecule has 0 spiro atoms. The van der Waals surface area contributed by atoms with E-state index in [1.165, 1.54) is 0 Å². The van der Waals surface area contributed by atoms with Crippen molar-refractivity contribution >= 4 is 12.1 Å². The molecule has 27 heavy (non-hydrogen) atoms.